The molecule has 0 aliphatic carbocycles. The molecule has 0 aliphatic heterocycles. The Bertz CT molecular complexity index is 545. The molecule has 106 valence electrons. The van der Waals surface area contributed by atoms with Crippen molar-refractivity contribution in [1.82, 2.24) is 5.32 Å². The number of halogens is 2. The van der Waals surface area contributed by atoms with Gasteiger partial charge in [0.05, 0.1) is 5.02 Å². The Balaban J connectivity index is 1.75. The van der Waals surface area contributed by atoms with Gasteiger partial charge in [0.15, 0.2) is 0 Å². The lowest BCUT2D eigenvalue weighted by Crippen LogP contribution is -2.25. The molecule has 0 saturated carbocycles. The van der Waals surface area contributed by atoms with Crippen molar-refractivity contribution in [2.75, 3.05) is 18.4 Å². The molecule has 0 bridgehead atoms. The summed E-state index contributed by atoms with van der Waals surface area (Å²) in [5, 5.41) is 6.77. The SMILES string of the molecule is CC(NCCNc1ccc(F)c(Cl)c1)c1ccccc1. The van der Waals surface area contributed by atoms with Crippen LogP contribution >= 0.6 is 11.6 Å². The molecule has 2 rings (SSSR count). The lowest BCUT2D eigenvalue weighted by Gasteiger charge is -2.15. The summed E-state index contributed by atoms with van der Waals surface area (Å²) in [6.07, 6.45) is 0. The van der Waals surface area contributed by atoms with E-state index in [9.17, 15) is 4.39 Å². The Morgan fingerprint density at radius 1 is 1.10 bits per heavy atom. The molecule has 0 amide bonds. The summed E-state index contributed by atoms with van der Waals surface area (Å²) in [7, 11) is 0. The second kappa shape index (κ2) is 7.27. The zero-order chi connectivity index (χ0) is 14.4. The molecule has 0 spiro atoms. The summed E-state index contributed by atoms with van der Waals surface area (Å²) in [6, 6.07) is 15.2. The normalized spacial score (nSPS) is 12.2. The summed E-state index contributed by atoms with van der Waals surface area (Å²) in [6.45, 7) is 3.69. The first-order valence-corrected chi connectivity index (χ1v) is 7.02. The lowest BCUT2D eigenvalue weighted by molar-refractivity contribution is 0.588. The molecule has 0 fully saturated rings. The fourth-order valence-corrected chi connectivity index (χ4v) is 2.14. The molecule has 2 aromatic carbocycles. The van der Waals surface area contributed by atoms with Gasteiger partial charge in [-0.15, -0.1) is 0 Å². The standard InChI is InChI=1S/C16H18ClFN2/c1-12(13-5-3-2-4-6-13)19-9-10-20-14-7-8-16(18)15(17)11-14/h2-8,11-12,19-20H,9-10H2,1H3. The van der Waals surface area contributed by atoms with E-state index in [4.69, 9.17) is 11.6 Å². The molecule has 0 radical (unpaired) electrons. The van der Waals surface area contributed by atoms with Gasteiger partial charge in [0.2, 0.25) is 0 Å². The first-order chi connectivity index (χ1) is 9.66. The molecule has 2 aromatic rings. The fraction of sp³-hybridized carbons (Fsp3) is 0.250. The van der Waals surface area contributed by atoms with Gasteiger partial charge in [0.25, 0.3) is 0 Å². The van der Waals surface area contributed by atoms with Crippen molar-refractivity contribution in [3.8, 4) is 0 Å². The van der Waals surface area contributed by atoms with E-state index < -0.39 is 5.82 Å². The molecule has 0 aliphatic rings. The minimum absolute atomic E-state index is 0.139. The third-order valence-electron chi connectivity index (χ3n) is 3.12. The molecule has 0 saturated heterocycles. The van der Waals surface area contributed by atoms with Crippen molar-refractivity contribution in [3.63, 3.8) is 0 Å². The number of benzene rings is 2. The van der Waals surface area contributed by atoms with E-state index in [0.717, 1.165) is 18.8 Å². The van der Waals surface area contributed by atoms with E-state index >= 15 is 0 Å². The van der Waals surface area contributed by atoms with Gasteiger partial charge in [-0.05, 0) is 30.7 Å². The summed E-state index contributed by atoms with van der Waals surface area (Å²) in [5.74, 6) is -0.395. The lowest BCUT2D eigenvalue weighted by atomic mass is 10.1. The Morgan fingerprint density at radius 2 is 1.85 bits per heavy atom. The number of anilines is 1. The van der Waals surface area contributed by atoms with E-state index in [1.165, 1.54) is 11.6 Å². The maximum Gasteiger partial charge on any atom is 0.141 e. The molecule has 0 aromatic heterocycles. The Morgan fingerprint density at radius 3 is 2.55 bits per heavy atom. The number of hydrogen-bond acceptors (Lipinski definition) is 2. The predicted octanol–water partition coefficient (Wildman–Crippen LogP) is 4.24. The minimum Gasteiger partial charge on any atom is -0.384 e. The molecule has 2 N–H and O–H groups in total. The predicted molar refractivity (Wildman–Crippen MR) is 82.8 cm³/mol. The van der Waals surface area contributed by atoms with Crippen molar-refractivity contribution in [2.24, 2.45) is 0 Å². The Labute approximate surface area is 124 Å². The van der Waals surface area contributed by atoms with Crippen LogP contribution in [0.3, 0.4) is 0 Å². The summed E-state index contributed by atoms with van der Waals surface area (Å²) in [4.78, 5) is 0. The third kappa shape index (κ3) is 4.22. The highest BCUT2D eigenvalue weighted by Crippen LogP contribution is 2.19. The van der Waals surface area contributed by atoms with Crippen LogP contribution in [0, 0.1) is 5.82 Å². The molecule has 4 heteroatoms. The second-order valence-corrected chi connectivity index (χ2v) is 5.05. The molecular formula is C16H18ClFN2. The average Bonchev–Trinajstić information content (AvgIpc) is 2.48. The second-order valence-electron chi connectivity index (χ2n) is 4.64. The summed E-state index contributed by atoms with van der Waals surface area (Å²) >= 11 is 5.73. The van der Waals surface area contributed by atoms with Crippen LogP contribution in [0.2, 0.25) is 5.02 Å². The van der Waals surface area contributed by atoms with E-state index in [2.05, 4.69) is 29.7 Å². The number of rotatable bonds is 6. The van der Waals surface area contributed by atoms with Crippen LogP contribution in [0.1, 0.15) is 18.5 Å². The highest BCUT2D eigenvalue weighted by atomic mass is 35.5. The van der Waals surface area contributed by atoms with Crippen molar-refractivity contribution < 1.29 is 4.39 Å². The molecule has 20 heavy (non-hydrogen) atoms. The smallest absolute Gasteiger partial charge is 0.141 e. The fourth-order valence-electron chi connectivity index (χ4n) is 1.96. The topological polar surface area (TPSA) is 24.1 Å². The van der Waals surface area contributed by atoms with Crippen molar-refractivity contribution in [2.45, 2.75) is 13.0 Å². The first kappa shape index (κ1) is 14.8. The van der Waals surface area contributed by atoms with Crippen molar-refractivity contribution in [1.29, 1.82) is 0 Å². The van der Waals surface area contributed by atoms with Gasteiger partial charge in [-0.25, -0.2) is 4.39 Å². The van der Waals surface area contributed by atoms with Gasteiger partial charge < -0.3 is 10.6 Å². The van der Waals surface area contributed by atoms with E-state index in [1.807, 2.05) is 18.2 Å². The van der Waals surface area contributed by atoms with Gasteiger partial charge in [-0.3, -0.25) is 0 Å². The van der Waals surface area contributed by atoms with Crippen LogP contribution in [0.25, 0.3) is 0 Å². The van der Waals surface area contributed by atoms with Crippen molar-refractivity contribution in [3.05, 3.63) is 64.9 Å². The largest absolute Gasteiger partial charge is 0.384 e. The Kier molecular flexibility index (Phi) is 5.39. The van der Waals surface area contributed by atoms with Crippen LogP contribution in [0.4, 0.5) is 10.1 Å². The number of hydrogen-bond donors (Lipinski definition) is 2. The van der Waals surface area contributed by atoms with Gasteiger partial charge in [-0.2, -0.15) is 0 Å². The first-order valence-electron chi connectivity index (χ1n) is 6.64. The van der Waals surface area contributed by atoms with E-state index in [1.54, 1.807) is 12.1 Å². The summed E-state index contributed by atoms with van der Waals surface area (Å²) in [5.41, 5.74) is 2.09. The monoisotopic (exact) mass is 292 g/mol. The maximum absolute atomic E-state index is 13.0. The zero-order valence-electron chi connectivity index (χ0n) is 11.4. The van der Waals surface area contributed by atoms with E-state index in [0.29, 0.717) is 6.04 Å². The van der Waals surface area contributed by atoms with Crippen LogP contribution in [-0.2, 0) is 0 Å². The van der Waals surface area contributed by atoms with Gasteiger partial charge in [-0.1, -0.05) is 41.9 Å². The van der Waals surface area contributed by atoms with Crippen molar-refractivity contribution >= 4 is 17.3 Å². The molecule has 2 nitrogen and oxygen atoms in total. The van der Waals surface area contributed by atoms with Crippen LogP contribution in [-0.4, -0.2) is 13.1 Å². The average molecular weight is 293 g/mol. The molecule has 0 heterocycles. The Hall–Kier alpha value is -1.58. The highest BCUT2D eigenvalue weighted by molar-refractivity contribution is 6.31. The van der Waals surface area contributed by atoms with Gasteiger partial charge in [0.1, 0.15) is 5.82 Å². The zero-order valence-corrected chi connectivity index (χ0v) is 12.1. The minimum atomic E-state index is -0.395. The van der Waals surface area contributed by atoms with Gasteiger partial charge >= 0.3 is 0 Å². The quantitative estimate of drug-likeness (QED) is 0.778. The number of nitrogens with one attached hydrogen (secondary N) is 2. The van der Waals surface area contributed by atoms with Crippen LogP contribution in [0.15, 0.2) is 48.5 Å². The molecular weight excluding hydrogens is 275 g/mol. The third-order valence-corrected chi connectivity index (χ3v) is 3.41. The summed E-state index contributed by atoms with van der Waals surface area (Å²) < 4.78 is 13.0. The molecule has 1 atom stereocenters. The maximum atomic E-state index is 13.0. The highest BCUT2D eigenvalue weighted by Gasteiger charge is 2.03. The van der Waals surface area contributed by atoms with Crippen LogP contribution < -0.4 is 10.6 Å². The van der Waals surface area contributed by atoms with E-state index in [-0.39, 0.29) is 5.02 Å². The van der Waals surface area contributed by atoms with Gasteiger partial charge in [0, 0.05) is 24.8 Å². The molecule has 1 unspecified atom stereocenters. The van der Waals surface area contributed by atoms with Crippen LogP contribution in [0.5, 0.6) is 0 Å².